The van der Waals surface area contributed by atoms with Crippen LogP contribution in [0.3, 0.4) is 0 Å². The van der Waals surface area contributed by atoms with Crippen LogP contribution in [0.1, 0.15) is 6.92 Å². The molecule has 0 saturated carbocycles. The van der Waals surface area contributed by atoms with E-state index in [4.69, 9.17) is 4.74 Å². The summed E-state index contributed by atoms with van der Waals surface area (Å²) in [5.41, 5.74) is 0.941. The maximum atomic E-state index is 5.92. The molecule has 82 valence electrons. The predicted molar refractivity (Wildman–Crippen MR) is 63.6 cm³/mol. The summed E-state index contributed by atoms with van der Waals surface area (Å²) in [6.45, 7) is 3.92. The summed E-state index contributed by atoms with van der Waals surface area (Å²) < 4.78 is 5.92. The zero-order valence-corrected chi connectivity index (χ0v) is 9.23. The van der Waals surface area contributed by atoms with Gasteiger partial charge in [-0.1, -0.05) is 18.2 Å². The summed E-state index contributed by atoms with van der Waals surface area (Å²) in [4.78, 5) is 4.38. The van der Waals surface area contributed by atoms with E-state index in [1.54, 1.807) is 6.20 Å². The fourth-order valence-corrected chi connectivity index (χ4v) is 1.94. The van der Waals surface area contributed by atoms with Crippen molar-refractivity contribution in [3.05, 3.63) is 36.5 Å². The topological polar surface area (TPSA) is 34.1 Å². The molecule has 2 heterocycles. The minimum absolute atomic E-state index is 0.0653. The van der Waals surface area contributed by atoms with Crippen LogP contribution in [-0.4, -0.2) is 23.7 Å². The molecule has 0 atom stereocenters. The van der Waals surface area contributed by atoms with Gasteiger partial charge in [-0.2, -0.15) is 0 Å². The maximum absolute atomic E-state index is 5.92. The molecule has 3 nitrogen and oxygen atoms in total. The van der Waals surface area contributed by atoms with Gasteiger partial charge in [0, 0.05) is 18.5 Å². The molecule has 0 radical (unpaired) electrons. The first-order valence-electron chi connectivity index (χ1n) is 5.50. The number of rotatable bonds is 2. The smallest absolute Gasteiger partial charge is 0.139 e. The second-order valence-electron chi connectivity index (χ2n) is 4.52. The number of ether oxygens (including phenoxy) is 1. The van der Waals surface area contributed by atoms with Crippen LogP contribution in [0.25, 0.3) is 10.9 Å². The molecule has 1 fully saturated rings. The highest BCUT2D eigenvalue weighted by atomic mass is 16.5. The number of pyridine rings is 1. The summed E-state index contributed by atoms with van der Waals surface area (Å²) in [6, 6.07) is 10.1. The van der Waals surface area contributed by atoms with E-state index in [1.165, 1.54) is 0 Å². The molecule has 0 amide bonds. The van der Waals surface area contributed by atoms with Gasteiger partial charge in [0.15, 0.2) is 0 Å². The van der Waals surface area contributed by atoms with Crippen LogP contribution in [0.4, 0.5) is 0 Å². The fourth-order valence-electron chi connectivity index (χ4n) is 1.94. The van der Waals surface area contributed by atoms with E-state index in [2.05, 4.69) is 23.3 Å². The third-order valence-electron chi connectivity index (χ3n) is 2.93. The highest BCUT2D eigenvalue weighted by Gasteiger charge is 2.33. The minimum atomic E-state index is -0.0653. The summed E-state index contributed by atoms with van der Waals surface area (Å²) in [5, 5.41) is 4.33. The van der Waals surface area contributed by atoms with Crippen molar-refractivity contribution < 1.29 is 4.74 Å². The van der Waals surface area contributed by atoms with Crippen LogP contribution in [0.2, 0.25) is 0 Å². The average Bonchev–Trinajstić information content (AvgIpc) is 2.27. The minimum Gasteiger partial charge on any atom is -0.483 e. The molecule has 1 aliphatic rings. The van der Waals surface area contributed by atoms with Crippen molar-refractivity contribution in [1.82, 2.24) is 10.3 Å². The second kappa shape index (κ2) is 3.46. The van der Waals surface area contributed by atoms with Crippen molar-refractivity contribution in [2.45, 2.75) is 12.5 Å². The predicted octanol–water partition coefficient (Wildman–Crippen LogP) is 1.98. The third kappa shape index (κ3) is 1.63. The number of benzene rings is 1. The lowest BCUT2D eigenvalue weighted by Crippen LogP contribution is -2.61. The Hall–Kier alpha value is -1.61. The van der Waals surface area contributed by atoms with Gasteiger partial charge >= 0.3 is 0 Å². The van der Waals surface area contributed by atoms with Crippen molar-refractivity contribution in [2.24, 2.45) is 0 Å². The molecule has 3 rings (SSSR count). The van der Waals surface area contributed by atoms with E-state index in [-0.39, 0.29) is 5.60 Å². The van der Waals surface area contributed by atoms with Gasteiger partial charge in [-0.15, -0.1) is 0 Å². The third-order valence-corrected chi connectivity index (χ3v) is 2.93. The number of para-hydroxylation sites is 1. The first kappa shape index (κ1) is 9.60. The normalized spacial score (nSPS) is 18.1. The Kier molecular flexibility index (Phi) is 2.07. The van der Waals surface area contributed by atoms with Crippen LogP contribution in [0.5, 0.6) is 5.75 Å². The highest BCUT2D eigenvalue weighted by Crippen LogP contribution is 2.24. The molecule has 0 unspecified atom stereocenters. The van der Waals surface area contributed by atoms with Gasteiger partial charge in [-0.25, -0.2) is 0 Å². The Morgan fingerprint density at radius 3 is 2.88 bits per heavy atom. The van der Waals surface area contributed by atoms with Gasteiger partial charge in [-0.3, -0.25) is 4.98 Å². The average molecular weight is 214 g/mol. The molecule has 0 aliphatic carbocycles. The fraction of sp³-hybridized carbons (Fsp3) is 0.308. The second-order valence-corrected chi connectivity index (χ2v) is 4.52. The quantitative estimate of drug-likeness (QED) is 0.830. The van der Waals surface area contributed by atoms with Gasteiger partial charge in [0.2, 0.25) is 0 Å². The van der Waals surface area contributed by atoms with Crippen LogP contribution < -0.4 is 10.1 Å². The van der Waals surface area contributed by atoms with Gasteiger partial charge < -0.3 is 10.1 Å². The van der Waals surface area contributed by atoms with Gasteiger partial charge in [0.05, 0.1) is 11.7 Å². The van der Waals surface area contributed by atoms with E-state index in [0.717, 1.165) is 29.7 Å². The summed E-state index contributed by atoms with van der Waals surface area (Å²) in [7, 11) is 0. The molecule has 16 heavy (non-hydrogen) atoms. The number of hydrogen-bond acceptors (Lipinski definition) is 3. The van der Waals surface area contributed by atoms with Crippen molar-refractivity contribution >= 4 is 10.9 Å². The summed E-state index contributed by atoms with van der Waals surface area (Å²) in [5.74, 6) is 0.850. The zero-order valence-electron chi connectivity index (χ0n) is 9.23. The Bertz CT molecular complexity index is 520. The van der Waals surface area contributed by atoms with E-state index in [9.17, 15) is 0 Å². The van der Waals surface area contributed by atoms with Gasteiger partial charge in [0.25, 0.3) is 0 Å². The molecular formula is C13H14N2O. The molecule has 1 aromatic carbocycles. The Morgan fingerprint density at radius 1 is 1.31 bits per heavy atom. The summed E-state index contributed by atoms with van der Waals surface area (Å²) in [6.07, 6.45) is 1.80. The lowest BCUT2D eigenvalue weighted by molar-refractivity contribution is 0.0347. The first-order chi connectivity index (χ1) is 7.75. The van der Waals surface area contributed by atoms with Gasteiger partial charge in [-0.05, 0) is 19.1 Å². The summed E-state index contributed by atoms with van der Waals surface area (Å²) >= 11 is 0. The van der Waals surface area contributed by atoms with Gasteiger partial charge in [0.1, 0.15) is 11.4 Å². The molecule has 0 spiro atoms. The monoisotopic (exact) mass is 214 g/mol. The van der Waals surface area contributed by atoms with Crippen molar-refractivity contribution in [2.75, 3.05) is 13.1 Å². The van der Waals surface area contributed by atoms with Crippen molar-refractivity contribution in [3.8, 4) is 5.75 Å². The molecule has 1 aromatic heterocycles. The Labute approximate surface area is 94.5 Å². The van der Waals surface area contributed by atoms with Crippen molar-refractivity contribution in [1.29, 1.82) is 0 Å². The van der Waals surface area contributed by atoms with E-state index in [0.29, 0.717) is 0 Å². The first-order valence-corrected chi connectivity index (χ1v) is 5.50. The molecule has 0 bridgehead atoms. The SMILES string of the molecule is CC1(Oc2cnc3ccccc3c2)CNC1. The maximum Gasteiger partial charge on any atom is 0.139 e. The molecule has 1 N–H and O–H groups in total. The molecular weight excluding hydrogens is 200 g/mol. The zero-order chi connectivity index (χ0) is 11.0. The number of nitrogens with zero attached hydrogens (tertiary/aromatic N) is 1. The van der Waals surface area contributed by atoms with Crippen LogP contribution >= 0.6 is 0 Å². The Morgan fingerprint density at radius 2 is 2.12 bits per heavy atom. The number of nitrogens with one attached hydrogen (secondary N) is 1. The van der Waals surface area contributed by atoms with Crippen LogP contribution in [-0.2, 0) is 0 Å². The molecule has 3 heteroatoms. The standard InChI is InChI=1S/C13H14N2O/c1-13(8-14-9-13)16-11-6-10-4-2-3-5-12(10)15-7-11/h2-7,14H,8-9H2,1H3. The van der Waals surface area contributed by atoms with E-state index < -0.39 is 0 Å². The number of fused-ring (bicyclic) bond motifs is 1. The largest absolute Gasteiger partial charge is 0.483 e. The number of hydrogen-bond donors (Lipinski definition) is 1. The van der Waals surface area contributed by atoms with Crippen LogP contribution in [0.15, 0.2) is 36.5 Å². The Balaban J connectivity index is 1.93. The number of aromatic nitrogens is 1. The molecule has 1 saturated heterocycles. The lowest BCUT2D eigenvalue weighted by Gasteiger charge is -2.39. The van der Waals surface area contributed by atoms with E-state index in [1.807, 2.05) is 24.3 Å². The molecule has 2 aromatic rings. The van der Waals surface area contributed by atoms with Crippen LogP contribution in [0, 0.1) is 0 Å². The lowest BCUT2D eigenvalue weighted by atomic mass is 10.00. The van der Waals surface area contributed by atoms with E-state index >= 15 is 0 Å². The van der Waals surface area contributed by atoms with Crippen molar-refractivity contribution in [3.63, 3.8) is 0 Å². The molecule has 1 aliphatic heterocycles. The highest BCUT2D eigenvalue weighted by molar-refractivity contribution is 5.79.